The van der Waals surface area contributed by atoms with Gasteiger partial charge in [0.2, 0.25) is 0 Å². The Bertz CT molecular complexity index is 499. The molecule has 0 spiro atoms. The van der Waals surface area contributed by atoms with Gasteiger partial charge in [-0.3, -0.25) is 0 Å². The Morgan fingerprint density at radius 2 is 2.26 bits per heavy atom. The molecule has 2 N–H and O–H groups in total. The molecule has 6 heteroatoms. The molecule has 2 unspecified atom stereocenters. The third kappa shape index (κ3) is 5.99. The summed E-state index contributed by atoms with van der Waals surface area (Å²) in [6, 6.07) is 0.554. The van der Waals surface area contributed by atoms with E-state index in [1.165, 1.54) is 30.0 Å². The summed E-state index contributed by atoms with van der Waals surface area (Å²) in [6.45, 7) is 10.3. The highest BCUT2D eigenvalue weighted by atomic mass is 32.2. The van der Waals surface area contributed by atoms with Crippen molar-refractivity contribution in [3.8, 4) is 0 Å². The quantitative estimate of drug-likeness (QED) is 0.574. The smallest absolute Gasteiger partial charge is 0.191 e. The van der Waals surface area contributed by atoms with Crippen LogP contribution in [0.1, 0.15) is 63.6 Å². The third-order valence-electron chi connectivity index (χ3n) is 3.93. The van der Waals surface area contributed by atoms with Gasteiger partial charge in [-0.15, -0.1) is 11.3 Å². The Morgan fingerprint density at radius 3 is 2.91 bits per heavy atom. The number of nitrogens with one attached hydrogen (secondary N) is 2. The van der Waals surface area contributed by atoms with E-state index in [1.54, 1.807) is 11.3 Å². The summed E-state index contributed by atoms with van der Waals surface area (Å²) in [5, 5.41) is 11.1. The Morgan fingerprint density at radius 1 is 1.43 bits per heavy atom. The van der Waals surface area contributed by atoms with Gasteiger partial charge in [0.15, 0.2) is 5.96 Å². The summed E-state index contributed by atoms with van der Waals surface area (Å²) in [4.78, 5) is 9.39. The number of hydrogen-bond donors (Lipinski definition) is 2. The second-order valence-electron chi connectivity index (χ2n) is 6.26. The molecule has 130 valence electrons. The van der Waals surface area contributed by atoms with Crippen molar-refractivity contribution in [1.29, 1.82) is 0 Å². The zero-order chi connectivity index (χ0) is 16.7. The normalized spacial score (nSPS) is 21.9. The lowest BCUT2D eigenvalue weighted by molar-refractivity contribution is 0.614. The maximum atomic E-state index is 4.72. The first-order valence-corrected chi connectivity index (χ1v) is 10.7. The van der Waals surface area contributed by atoms with Gasteiger partial charge in [0.1, 0.15) is 0 Å². The minimum absolute atomic E-state index is 0.496. The Labute approximate surface area is 149 Å². The van der Waals surface area contributed by atoms with Gasteiger partial charge in [0.25, 0.3) is 0 Å². The number of rotatable bonds is 7. The van der Waals surface area contributed by atoms with E-state index < -0.39 is 0 Å². The molecule has 2 rings (SSSR count). The average molecular weight is 355 g/mol. The molecule has 1 heterocycles. The molecular weight excluding hydrogens is 324 g/mol. The molecule has 4 nitrogen and oxygen atoms in total. The largest absolute Gasteiger partial charge is 0.357 e. The van der Waals surface area contributed by atoms with Crippen LogP contribution in [0.15, 0.2) is 10.4 Å². The zero-order valence-corrected chi connectivity index (χ0v) is 16.4. The Balaban J connectivity index is 1.89. The van der Waals surface area contributed by atoms with Crippen LogP contribution in [0.3, 0.4) is 0 Å². The molecule has 23 heavy (non-hydrogen) atoms. The van der Waals surface area contributed by atoms with Crippen LogP contribution in [0.5, 0.6) is 0 Å². The maximum absolute atomic E-state index is 4.72. The van der Waals surface area contributed by atoms with Crippen molar-refractivity contribution in [3.63, 3.8) is 0 Å². The van der Waals surface area contributed by atoms with E-state index in [0.29, 0.717) is 18.5 Å². The highest BCUT2D eigenvalue weighted by Crippen LogP contribution is 2.29. The first-order valence-electron chi connectivity index (χ1n) is 8.73. The lowest BCUT2D eigenvalue weighted by Crippen LogP contribution is -2.42. The molecule has 0 aromatic carbocycles. The summed E-state index contributed by atoms with van der Waals surface area (Å²) >= 11 is 3.83. The van der Waals surface area contributed by atoms with Crippen LogP contribution < -0.4 is 10.6 Å². The van der Waals surface area contributed by atoms with Crippen LogP contribution in [-0.4, -0.2) is 34.5 Å². The number of guanidine groups is 1. The maximum Gasteiger partial charge on any atom is 0.191 e. The number of aliphatic imine (C=N–C) groups is 1. The second-order valence-corrected chi connectivity index (χ2v) is 8.73. The van der Waals surface area contributed by atoms with Gasteiger partial charge >= 0.3 is 0 Å². The van der Waals surface area contributed by atoms with Gasteiger partial charge in [0, 0.05) is 29.1 Å². The monoisotopic (exact) mass is 354 g/mol. The molecule has 1 saturated carbocycles. The van der Waals surface area contributed by atoms with Crippen molar-refractivity contribution in [2.75, 3.05) is 12.3 Å². The zero-order valence-electron chi connectivity index (χ0n) is 14.8. The number of nitrogens with zero attached hydrogens (tertiary/aromatic N) is 2. The van der Waals surface area contributed by atoms with Crippen LogP contribution in [0.2, 0.25) is 0 Å². The molecule has 0 aliphatic heterocycles. The van der Waals surface area contributed by atoms with E-state index in [4.69, 9.17) is 4.99 Å². The number of thioether (sulfide) groups is 1. The lowest BCUT2D eigenvalue weighted by Gasteiger charge is -2.17. The van der Waals surface area contributed by atoms with E-state index >= 15 is 0 Å². The SMILES string of the molecule is CCNC(=NCc1csc(C(C)C)n1)NC1CCC(SCC)C1. The van der Waals surface area contributed by atoms with Crippen LogP contribution in [-0.2, 0) is 6.54 Å². The molecule has 1 aliphatic carbocycles. The van der Waals surface area contributed by atoms with Crippen molar-refractivity contribution >= 4 is 29.1 Å². The molecule has 2 atom stereocenters. The molecule has 0 radical (unpaired) electrons. The van der Waals surface area contributed by atoms with Crippen molar-refractivity contribution in [3.05, 3.63) is 16.1 Å². The Hall–Kier alpha value is -0.750. The molecule has 1 fully saturated rings. The van der Waals surface area contributed by atoms with Gasteiger partial charge in [0.05, 0.1) is 17.2 Å². The molecule has 0 bridgehead atoms. The predicted octanol–water partition coefficient (Wildman–Crippen LogP) is 4.00. The molecule has 1 aromatic heterocycles. The highest BCUT2D eigenvalue weighted by molar-refractivity contribution is 7.99. The van der Waals surface area contributed by atoms with Crippen molar-refractivity contribution in [2.45, 2.75) is 70.7 Å². The average Bonchev–Trinajstić information content (AvgIpc) is 3.15. The number of hydrogen-bond acceptors (Lipinski definition) is 4. The van der Waals surface area contributed by atoms with Crippen molar-refractivity contribution in [2.24, 2.45) is 4.99 Å². The van der Waals surface area contributed by atoms with Gasteiger partial charge in [-0.25, -0.2) is 9.98 Å². The lowest BCUT2D eigenvalue weighted by atomic mass is 10.2. The standard InChI is InChI=1S/C17H30N4S2/c1-5-18-17(21-13-7-8-15(9-13)22-6-2)19-10-14-11-23-16(20-14)12(3)4/h11-13,15H,5-10H2,1-4H3,(H2,18,19,21). The molecule has 1 aliphatic rings. The molecular formula is C17H30N4S2. The Kier molecular flexibility index (Phi) is 7.70. The van der Waals surface area contributed by atoms with E-state index in [2.05, 4.69) is 60.5 Å². The van der Waals surface area contributed by atoms with Crippen LogP contribution in [0, 0.1) is 0 Å². The van der Waals surface area contributed by atoms with Gasteiger partial charge in [-0.1, -0.05) is 20.8 Å². The van der Waals surface area contributed by atoms with Gasteiger partial charge in [-0.05, 0) is 31.9 Å². The fourth-order valence-corrected chi connectivity index (χ4v) is 4.76. The first kappa shape index (κ1) is 18.6. The minimum atomic E-state index is 0.496. The number of aromatic nitrogens is 1. The van der Waals surface area contributed by atoms with E-state index in [0.717, 1.165) is 23.4 Å². The van der Waals surface area contributed by atoms with Crippen LogP contribution >= 0.6 is 23.1 Å². The second kappa shape index (κ2) is 9.52. The van der Waals surface area contributed by atoms with Crippen molar-refractivity contribution in [1.82, 2.24) is 15.6 Å². The first-order chi connectivity index (χ1) is 11.1. The van der Waals surface area contributed by atoms with E-state index in [9.17, 15) is 0 Å². The summed E-state index contributed by atoms with van der Waals surface area (Å²) < 4.78 is 0. The van der Waals surface area contributed by atoms with E-state index in [1.807, 2.05) is 0 Å². The highest BCUT2D eigenvalue weighted by Gasteiger charge is 2.25. The third-order valence-corrected chi connectivity index (χ3v) is 6.36. The fraction of sp³-hybridized carbons (Fsp3) is 0.765. The molecule has 1 aromatic rings. The van der Waals surface area contributed by atoms with Gasteiger partial charge < -0.3 is 10.6 Å². The summed E-state index contributed by atoms with van der Waals surface area (Å²) in [5.74, 6) is 2.64. The fourth-order valence-electron chi connectivity index (χ4n) is 2.79. The topological polar surface area (TPSA) is 49.3 Å². The van der Waals surface area contributed by atoms with Crippen molar-refractivity contribution < 1.29 is 0 Å². The van der Waals surface area contributed by atoms with Crippen LogP contribution in [0.25, 0.3) is 0 Å². The molecule has 0 amide bonds. The minimum Gasteiger partial charge on any atom is -0.357 e. The summed E-state index contributed by atoms with van der Waals surface area (Å²) in [7, 11) is 0. The predicted molar refractivity (Wildman–Crippen MR) is 104 cm³/mol. The van der Waals surface area contributed by atoms with E-state index in [-0.39, 0.29) is 0 Å². The molecule has 0 saturated heterocycles. The summed E-state index contributed by atoms with van der Waals surface area (Å²) in [5.41, 5.74) is 1.07. The van der Waals surface area contributed by atoms with Gasteiger partial charge in [-0.2, -0.15) is 11.8 Å². The number of thiazole rings is 1. The summed E-state index contributed by atoms with van der Waals surface area (Å²) in [6.07, 6.45) is 3.81. The van der Waals surface area contributed by atoms with Crippen LogP contribution in [0.4, 0.5) is 0 Å².